The lowest BCUT2D eigenvalue weighted by molar-refractivity contribution is -0.385. The zero-order chi connectivity index (χ0) is 19.9. The smallest absolute Gasteiger partial charge is 0.322 e. The first kappa shape index (κ1) is 18.7. The lowest BCUT2D eigenvalue weighted by Crippen LogP contribution is -2.15. The molecule has 10 nitrogen and oxygen atoms in total. The normalized spacial score (nSPS) is 10.3. The van der Waals surface area contributed by atoms with Gasteiger partial charge in [0.15, 0.2) is 0 Å². The third-order valence-corrected chi connectivity index (χ3v) is 3.70. The molecule has 0 saturated heterocycles. The highest BCUT2D eigenvalue weighted by Gasteiger charge is 2.13. The number of nitrogens with zero attached hydrogens (tertiary/aromatic N) is 4. The van der Waals surface area contributed by atoms with Gasteiger partial charge in [-0.3, -0.25) is 19.9 Å². The van der Waals surface area contributed by atoms with Crippen LogP contribution in [0, 0.1) is 10.1 Å². The minimum atomic E-state index is -1.05. The molecule has 2 heterocycles. The Morgan fingerprint density at radius 2 is 1.86 bits per heavy atom. The Labute approximate surface area is 159 Å². The molecule has 0 radical (unpaired) electrons. The molecular weight excluding hydrogens is 364 g/mol. The summed E-state index contributed by atoms with van der Waals surface area (Å²) in [6.45, 7) is -0.191. The van der Waals surface area contributed by atoms with Gasteiger partial charge in [-0.1, -0.05) is 24.3 Å². The van der Waals surface area contributed by atoms with Gasteiger partial charge in [0.25, 0.3) is 5.69 Å². The maximum atomic E-state index is 11.2. The molecule has 10 heteroatoms. The molecule has 2 aromatic heterocycles. The number of carbonyl (C=O) groups is 1. The highest BCUT2D eigenvalue weighted by atomic mass is 16.6. The number of carboxylic acids is 1. The van der Waals surface area contributed by atoms with Crippen LogP contribution in [0.3, 0.4) is 0 Å². The van der Waals surface area contributed by atoms with Crippen LogP contribution in [0.25, 0.3) is 11.4 Å². The predicted octanol–water partition coefficient (Wildman–Crippen LogP) is 2.56. The third-order valence-electron chi connectivity index (χ3n) is 3.70. The van der Waals surface area contributed by atoms with Crippen molar-refractivity contribution in [2.45, 2.75) is 6.54 Å². The van der Waals surface area contributed by atoms with E-state index in [1.165, 1.54) is 6.07 Å². The van der Waals surface area contributed by atoms with Gasteiger partial charge in [0, 0.05) is 30.4 Å². The molecule has 0 unspecified atom stereocenters. The summed E-state index contributed by atoms with van der Waals surface area (Å²) in [7, 11) is 0. The van der Waals surface area contributed by atoms with Crippen LogP contribution in [0.5, 0.6) is 0 Å². The Balaban J connectivity index is 1.88. The van der Waals surface area contributed by atoms with Crippen LogP contribution in [-0.4, -0.2) is 37.5 Å². The highest BCUT2D eigenvalue weighted by Crippen LogP contribution is 2.22. The Hall–Kier alpha value is -4.08. The van der Waals surface area contributed by atoms with Crippen molar-refractivity contribution in [2.75, 3.05) is 17.2 Å². The quantitative estimate of drug-likeness (QED) is 0.397. The van der Waals surface area contributed by atoms with E-state index in [0.29, 0.717) is 22.8 Å². The van der Waals surface area contributed by atoms with Gasteiger partial charge in [-0.15, -0.1) is 0 Å². The number of rotatable bonds is 8. The fourth-order valence-electron chi connectivity index (χ4n) is 2.44. The number of hydrogen-bond acceptors (Lipinski definition) is 8. The number of pyridine rings is 1. The molecule has 28 heavy (non-hydrogen) atoms. The summed E-state index contributed by atoms with van der Waals surface area (Å²) in [6, 6.07) is 13.4. The van der Waals surface area contributed by atoms with Crippen molar-refractivity contribution >= 4 is 23.4 Å². The number of nitro groups is 1. The van der Waals surface area contributed by atoms with E-state index in [1.807, 2.05) is 0 Å². The monoisotopic (exact) mass is 380 g/mol. The molecule has 0 aliphatic carbocycles. The molecule has 0 saturated carbocycles. The summed E-state index contributed by atoms with van der Waals surface area (Å²) >= 11 is 0. The molecule has 0 amide bonds. The fourth-order valence-corrected chi connectivity index (χ4v) is 2.44. The molecule has 0 atom stereocenters. The number of aromatic nitrogens is 3. The van der Waals surface area contributed by atoms with Gasteiger partial charge in [0.05, 0.1) is 16.3 Å². The number of nitrogens with one attached hydrogen (secondary N) is 2. The highest BCUT2D eigenvalue weighted by molar-refractivity contribution is 5.72. The van der Waals surface area contributed by atoms with Gasteiger partial charge in [-0.25, -0.2) is 4.98 Å². The van der Waals surface area contributed by atoms with Gasteiger partial charge >= 0.3 is 5.97 Å². The third kappa shape index (κ3) is 4.75. The van der Waals surface area contributed by atoms with E-state index in [9.17, 15) is 14.9 Å². The van der Waals surface area contributed by atoms with Crippen molar-refractivity contribution in [3.8, 4) is 11.4 Å². The topological polar surface area (TPSA) is 143 Å². The van der Waals surface area contributed by atoms with Crippen LogP contribution in [0.4, 0.5) is 17.5 Å². The zero-order valence-electron chi connectivity index (χ0n) is 14.6. The molecule has 3 aromatic rings. The SMILES string of the molecule is O=C(O)CNc1nc(NCc2ccccc2[N+](=O)[O-])cc(-c2ccccn2)n1. The molecule has 142 valence electrons. The summed E-state index contributed by atoms with van der Waals surface area (Å²) < 4.78 is 0. The summed E-state index contributed by atoms with van der Waals surface area (Å²) in [5, 5.41) is 25.7. The van der Waals surface area contributed by atoms with E-state index < -0.39 is 10.9 Å². The Bertz CT molecular complexity index is 996. The molecule has 3 rings (SSSR count). The van der Waals surface area contributed by atoms with Crippen molar-refractivity contribution in [3.05, 3.63) is 70.4 Å². The van der Waals surface area contributed by atoms with Crippen LogP contribution >= 0.6 is 0 Å². The maximum Gasteiger partial charge on any atom is 0.322 e. The summed E-state index contributed by atoms with van der Waals surface area (Å²) in [5.74, 6) is -0.571. The molecule has 0 aliphatic heterocycles. The Kier molecular flexibility index (Phi) is 5.70. The molecule has 0 spiro atoms. The second-order valence-electron chi connectivity index (χ2n) is 5.66. The van der Waals surface area contributed by atoms with Gasteiger partial charge < -0.3 is 15.7 Å². The van der Waals surface area contributed by atoms with Crippen molar-refractivity contribution in [1.29, 1.82) is 0 Å². The average molecular weight is 380 g/mol. The summed E-state index contributed by atoms with van der Waals surface area (Å²) in [4.78, 5) is 34.3. The van der Waals surface area contributed by atoms with Crippen molar-refractivity contribution in [3.63, 3.8) is 0 Å². The Morgan fingerprint density at radius 1 is 1.07 bits per heavy atom. The molecule has 3 N–H and O–H groups in total. The second-order valence-corrected chi connectivity index (χ2v) is 5.66. The van der Waals surface area contributed by atoms with Crippen molar-refractivity contribution < 1.29 is 14.8 Å². The van der Waals surface area contributed by atoms with E-state index >= 15 is 0 Å². The van der Waals surface area contributed by atoms with Crippen LogP contribution in [0.15, 0.2) is 54.7 Å². The van der Waals surface area contributed by atoms with Crippen molar-refractivity contribution in [1.82, 2.24) is 15.0 Å². The number of nitro benzene ring substituents is 1. The van der Waals surface area contributed by atoms with Crippen molar-refractivity contribution in [2.24, 2.45) is 0 Å². The van der Waals surface area contributed by atoms with E-state index in [-0.39, 0.29) is 24.7 Å². The first-order valence-corrected chi connectivity index (χ1v) is 8.25. The first-order valence-electron chi connectivity index (χ1n) is 8.25. The van der Waals surface area contributed by atoms with E-state index in [4.69, 9.17) is 5.11 Å². The zero-order valence-corrected chi connectivity index (χ0v) is 14.6. The lowest BCUT2D eigenvalue weighted by Gasteiger charge is -2.11. The van der Waals surface area contributed by atoms with E-state index in [2.05, 4.69) is 25.6 Å². The predicted molar refractivity (Wildman–Crippen MR) is 102 cm³/mol. The van der Waals surface area contributed by atoms with E-state index in [1.54, 1.807) is 48.7 Å². The van der Waals surface area contributed by atoms with Gasteiger partial charge in [-0.2, -0.15) is 4.98 Å². The van der Waals surface area contributed by atoms with Crippen LogP contribution in [-0.2, 0) is 11.3 Å². The van der Waals surface area contributed by atoms with E-state index in [0.717, 1.165) is 0 Å². The number of anilines is 2. The number of aliphatic carboxylic acids is 1. The van der Waals surface area contributed by atoms with Gasteiger partial charge in [0.1, 0.15) is 12.4 Å². The molecule has 0 bridgehead atoms. The second kappa shape index (κ2) is 8.54. The average Bonchev–Trinajstić information content (AvgIpc) is 2.71. The van der Waals surface area contributed by atoms with Gasteiger partial charge in [0.2, 0.25) is 5.95 Å². The van der Waals surface area contributed by atoms with Crippen LogP contribution in [0.1, 0.15) is 5.56 Å². The molecule has 0 aliphatic rings. The minimum Gasteiger partial charge on any atom is -0.480 e. The summed E-state index contributed by atoms with van der Waals surface area (Å²) in [5.41, 5.74) is 1.55. The van der Waals surface area contributed by atoms with Crippen LogP contribution in [0.2, 0.25) is 0 Å². The largest absolute Gasteiger partial charge is 0.480 e. The molecule has 1 aromatic carbocycles. The maximum absolute atomic E-state index is 11.2. The standard InChI is InChI=1S/C18H16N6O4/c25-17(26)11-21-18-22-14(13-6-3-4-8-19-13)9-16(23-18)20-10-12-5-1-2-7-15(12)24(27)28/h1-9H,10-11H2,(H,25,26)(H2,20,21,22,23). The molecular formula is C18H16N6O4. The Morgan fingerprint density at radius 3 is 2.57 bits per heavy atom. The fraction of sp³-hybridized carbons (Fsp3) is 0.111. The minimum absolute atomic E-state index is 0.00164. The number of benzene rings is 1. The number of para-hydroxylation sites is 1. The van der Waals surface area contributed by atoms with Gasteiger partial charge in [-0.05, 0) is 12.1 Å². The van der Waals surface area contributed by atoms with Crippen LogP contribution < -0.4 is 10.6 Å². The molecule has 0 fully saturated rings. The summed E-state index contributed by atoms with van der Waals surface area (Å²) in [6.07, 6.45) is 1.61. The number of hydrogen-bond donors (Lipinski definition) is 3. The number of carboxylic acid groups (broad SMARTS) is 1. The lowest BCUT2D eigenvalue weighted by atomic mass is 10.2. The first-order chi connectivity index (χ1) is 13.5.